The molecule has 1 atom stereocenters. The van der Waals surface area contributed by atoms with Gasteiger partial charge in [-0.15, -0.1) is 0 Å². The lowest BCUT2D eigenvalue weighted by atomic mass is 9.96. The van der Waals surface area contributed by atoms with Crippen molar-refractivity contribution >= 4 is 39.0 Å². The van der Waals surface area contributed by atoms with E-state index in [9.17, 15) is 14.7 Å². The number of aliphatic hydroxyl groups is 1. The van der Waals surface area contributed by atoms with Crippen LogP contribution in [-0.2, 0) is 16.1 Å². The predicted octanol–water partition coefficient (Wildman–Crippen LogP) is 4.42. The molecule has 1 aromatic carbocycles. The Labute approximate surface area is 210 Å². The number of amides is 1. The molecule has 0 bridgehead atoms. The molecule has 1 aliphatic heterocycles. The molecule has 1 N–H and O–H groups in total. The predicted molar refractivity (Wildman–Crippen MR) is 135 cm³/mol. The average molecular weight is 534 g/mol. The van der Waals surface area contributed by atoms with Crippen LogP contribution in [0.2, 0.25) is 0 Å². The number of rotatable bonds is 6. The number of aryl methyl sites for hydroxylation is 3. The van der Waals surface area contributed by atoms with Gasteiger partial charge in [-0.1, -0.05) is 34.1 Å². The standard InChI is InChI=1S/C26H24BrN5O3/c1-16-5-3-12-31-17(2)21(29-25(16)31)23(33)20-22(18-6-8-19(27)9-7-18)32(26(35)24(20)34)13-4-11-30-14-10-28-15-30/h3,5-10,12,14-15,22,33H,4,11,13H2,1-2H3/b23-20+. The highest BCUT2D eigenvalue weighted by Gasteiger charge is 2.46. The third-order valence-electron chi connectivity index (χ3n) is 6.41. The van der Waals surface area contributed by atoms with Crippen molar-refractivity contribution in [2.75, 3.05) is 6.54 Å². The molecular weight excluding hydrogens is 510 g/mol. The maximum Gasteiger partial charge on any atom is 0.295 e. The lowest BCUT2D eigenvalue weighted by molar-refractivity contribution is -0.139. The van der Waals surface area contributed by atoms with E-state index in [1.807, 2.05) is 71.6 Å². The molecule has 0 saturated carbocycles. The van der Waals surface area contributed by atoms with Crippen LogP contribution >= 0.6 is 15.9 Å². The number of aromatic nitrogens is 4. The number of nitrogens with zero attached hydrogens (tertiary/aromatic N) is 5. The van der Waals surface area contributed by atoms with E-state index in [4.69, 9.17) is 0 Å². The third kappa shape index (κ3) is 4.05. The van der Waals surface area contributed by atoms with E-state index in [2.05, 4.69) is 25.9 Å². The van der Waals surface area contributed by atoms with Crippen molar-refractivity contribution in [3.8, 4) is 0 Å². The number of ketones is 1. The number of pyridine rings is 1. The fourth-order valence-corrected chi connectivity index (χ4v) is 4.88. The van der Waals surface area contributed by atoms with Crippen molar-refractivity contribution in [1.29, 1.82) is 0 Å². The Morgan fingerprint density at radius 1 is 1.09 bits per heavy atom. The second-order valence-corrected chi connectivity index (χ2v) is 9.54. The molecule has 35 heavy (non-hydrogen) atoms. The Bertz CT molecular complexity index is 1450. The zero-order valence-electron chi connectivity index (χ0n) is 19.3. The number of hydrogen-bond donors (Lipinski definition) is 1. The van der Waals surface area contributed by atoms with Gasteiger partial charge in [0.25, 0.3) is 11.7 Å². The van der Waals surface area contributed by atoms with E-state index in [0.717, 1.165) is 15.6 Å². The van der Waals surface area contributed by atoms with Gasteiger partial charge in [-0.05, 0) is 49.6 Å². The van der Waals surface area contributed by atoms with Gasteiger partial charge in [0.15, 0.2) is 5.76 Å². The number of halogens is 1. The Hall–Kier alpha value is -3.72. The van der Waals surface area contributed by atoms with E-state index < -0.39 is 17.7 Å². The maximum atomic E-state index is 13.3. The number of likely N-dealkylation sites (tertiary alicyclic amines) is 1. The molecule has 4 heterocycles. The van der Waals surface area contributed by atoms with Crippen LogP contribution in [0.5, 0.6) is 0 Å². The number of carbonyl (C=O) groups excluding carboxylic acids is 2. The summed E-state index contributed by atoms with van der Waals surface area (Å²) in [6, 6.07) is 10.6. The molecular formula is C26H24BrN5O3. The van der Waals surface area contributed by atoms with E-state index in [1.54, 1.807) is 17.4 Å². The van der Waals surface area contributed by atoms with Crippen LogP contribution < -0.4 is 0 Å². The van der Waals surface area contributed by atoms with Crippen LogP contribution in [0.15, 0.2) is 71.4 Å². The molecule has 1 aliphatic rings. The van der Waals surface area contributed by atoms with Crippen molar-refractivity contribution in [3.05, 3.63) is 93.9 Å². The van der Waals surface area contributed by atoms with Crippen LogP contribution in [0.4, 0.5) is 0 Å². The summed E-state index contributed by atoms with van der Waals surface area (Å²) in [5.41, 5.74) is 3.44. The number of hydrogen-bond acceptors (Lipinski definition) is 5. The summed E-state index contributed by atoms with van der Waals surface area (Å²) >= 11 is 3.44. The smallest absolute Gasteiger partial charge is 0.295 e. The summed E-state index contributed by atoms with van der Waals surface area (Å²) < 4.78 is 4.68. The highest BCUT2D eigenvalue weighted by atomic mass is 79.9. The first-order chi connectivity index (χ1) is 16.9. The highest BCUT2D eigenvalue weighted by Crippen LogP contribution is 2.40. The minimum Gasteiger partial charge on any atom is -0.505 e. The first-order valence-corrected chi connectivity index (χ1v) is 12.1. The number of imidazole rings is 2. The van der Waals surface area contributed by atoms with E-state index in [1.165, 1.54) is 0 Å². The van der Waals surface area contributed by atoms with Gasteiger partial charge < -0.3 is 19.0 Å². The maximum absolute atomic E-state index is 13.3. The molecule has 9 heteroatoms. The number of Topliss-reactive ketones (excluding diaryl/α,β-unsaturated/α-hetero) is 1. The lowest BCUT2D eigenvalue weighted by Gasteiger charge is -2.25. The van der Waals surface area contributed by atoms with E-state index in [0.29, 0.717) is 36.5 Å². The molecule has 1 unspecified atom stereocenters. The highest BCUT2D eigenvalue weighted by molar-refractivity contribution is 9.10. The first kappa shape index (κ1) is 23.0. The third-order valence-corrected chi connectivity index (χ3v) is 6.94. The van der Waals surface area contributed by atoms with Crippen molar-refractivity contribution in [2.24, 2.45) is 0 Å². The van der Waals surface area contributed by atoms with E-state index >= 15 is 0 Å². The zero-order valence-corrected chi connectivity index (χ0v) is 20.9. The largest absolute Gasteiger partial charge is 0.505 e. The molecule has 3 aromatic heterocycles. The molecule has 5 rings (SSSR count). The topological polar surface area (TPSA) is 92.7 Å². The van der Waals surface area contributed by atoms with Crippen LogP contribution in [0.25, 0.3) is 11.4 Å². The van der Waals surface area contributed by atoms with Gasteiger partial charge in [0.1, 0.15) is 11.3 Å². The van der Waals surface area contributed by atoms with Gasteiger partial charge in [-0.3, -0.25) is 9.59 Å². The van der Waals surface area contributed by atoms with Crippen LogP contribution in [0.3, 0.4) is 0 Å². The van der Waals surface area contributed by atoms with Crippen LogP contribution in [0, 0.1) is 13.8 Å². The van der Waals surface area contributed by atoms with Gasteiger partial charge in [-0.2, -0.15) is 0 Å². The average Bonchev–Trinajstić information content (AvgIpc) is 3.54. The summed E-state index contributed by atoms with van der Waals surface area (Å²) in [7, 11) is 0. The summed E-state index contributed by atoms with van der Waals surface area (Å²) in [5.74, 6) is -1.58. The molecule has 0 radical (unpaired) electrons. The monoisotopic (exact) mass is 533 g/mol. The van der Waals surface area contributed by atoms with Gasteiger partial charge in [0, 0.05) is 36.2 Å². The van der Waals surface area contributed by atoms with Crippen molar-refractivity contribution < 1.29 is 14.7 Å². The summed E-state index contributed by atoms with van der Waals surface area (Å²) in [6.07, 6.45) is 7.77. The Kier molecular flexibility index (Phi) is 6.02. The minimum atomic E-state index is -0.712. The fourth-order valence-electron chi connectivity index (χ4n) is 4.62. The molecule has 1 amide bonds. The van der Waals surface area contributed by atoms with Gasteiger partial charge in [0.05, 0.1) is 23.6 Å². The molecule has 8 nitrogen and oxygen atoms in total. The van der Waals surface area contributed by atoms with Gasteiger partial charge in [-0.25, -0.2) is 9.97 Å². The van der Waals surface area contributed by atoms with Crippen molar-refractivity contribution in [1.82, 2.24) is 23.8 Å². The lowest BCUT2D eigenvalue weighted by Crippen LogP contribution is -2.31. The molecule has 0 spiro atoms. The molecule has 4 aromatic rings. The molecule has 0 aliphatic carbocycles. The van der Waals surface area contributed by atoms with Crippen LogP contribution in [-0.4, -0.2) is 47.2 Å². The molecule has 1 saturated heterocycles. The normalized spacial score (nSPS) is 17.6. The van der Waals surface area contributed by atoms with Crippen molar-refractivity contribution in [3.63, 3.8) is 0 Å². The minimum absolute atomic E-state index is 0.0594. The SMILES string of the molecule is Cc1cccn2c(C)c(/C(O)=C3\C(=O)C(=O)N(CCCn4ccnc4)C3c3ccc(Br)cc3)nc12. The number of fused-ring (bicyclic) bond motifs is 1. The van der Waals surface area contributed by atoms with E-state index in [-0.39, 0.29) is 11.3 Å². The first-order valence-electron chi connectivity index (χ1n) is 11.3. The Morgan fingerprint density at radius 3 is 2.54 bits per heavy atom. The molecule has 1 fully saturated rings. The summed E-state index contributed by atoms with van der Waals surface area (Å²) in [6.45, 7) is 4.78. The number of carbonyl (C=O) groups is 2. The second-order valence-electron chi connectivity index (χ2n) is 8.63. The number of aliphatic hydroxyl groups excluding tert-OH is 1. The summed E-state index contributed by atoms with van der Waals surface area (Å²) in [4.78, 5) is 36.7. The second kappa shape index (κ2) is 9.14. The Morgan fingerprint density at radius 2 is 1.86 bits per heavy atom. The van der Waals surface area contributed by atoms with Gasteiger partial charge in [0.2, 0.25) is 0 Å². The molecule has 178 valence electrons. The Balaban J connectivity index is 1.60. The summed E-state index contributed by atoms with van der Waals surface area (Å²) in [5, 5.41) is 11.4. The fraction of sp³-hybridized carbons (Fsp3) is 0.231. The van der Waals surface area contributed by atoms with Gasteiger partial charge >= 0.3 is 0 Å². The van der Waals surface area contributed by atoms with Crippen LogP contribution in [0.1, 0.15) is 35.0 Å². The quantitative estimate of drug-likeness (QED) is 0.225. The zero-order chi connectivity index (χ0) is 24.7. The number of benzene rings is 1. The van der Waals surface area contributed by atoms with Crippen molar-refractivity contribution in [2.45, 2.75) is 32.9 Å².